The number of hydrogen-bond donors (Lipinski definition) is 1. The minimum Gasteiger partial charge on any atom is -0.380 e. The molecule has 5 heteroatoms. The number of non-ortho nitro benzene ring substituents is 1. The summed E-state index contributed by atoms with van der Waals surface area (Å²) in [6, 6.07) is 7.01. The van der Waals surface area contributed by atoms with Crippen molar-refractivity contribution >= 4 is 5.69 Å². The molecule has 5 nitrogen and oxygen atoms in total. The highest BCUT2D eigenvalue weighted by Crippen LogP contribution is 2.28. The van der Waals surface area contributed by atoms with E-state index in [4.69, 9.17) is 4.74 Å². The average molecular weight is 264 g/mol. The molecular weight excluding hydrogens is 244 g/mol. The largest absolute Gasteiger partial charge is 0.380 e. The summed E-state index contributed by atoms with van der Waals surface area (Å²) < 4.78 is 5.23. The van der Waals surface area contributed by atoms with E-state index in [1.807, 2.05) is 6.07 Å². The maximum atomic E-state index is 10.8. The maximum absolute atomic E-state index is 10.8. The Balaban J connectivity index is 2.04. The molecule has 0 saturated carbocycles. The van der Waals surface area contributed by atoms with E-state index < -0.39 is 0 Å². The number of nitro benzene ring substituents is 1. The van der Waals surface area contributed by atoms with Crippen LogP contribution >= 0.6 is 0 Å². The Morgan fingerprint density at radius 3 is 2.79 bits per heavy atom. The summed E-state index contributed by atoms with van der Waals surface area (Å²) in [4.78, 5) is 10.5. The molecule has 1 N–H and O–H groups in total. The summed E-state index contributed by atoms with van der Waals surface area (Å²) in [6.07, 6.45) is 0.901. The molecule has 1 atom stereocenters. The summed E-state index contributed by atoms with van der Waals surface area (Å²) in [5.41, 5.74) is 1.32. The van der Waals surface area contributed by atoms with Crippen LogP contribution in [0.4, 0.5) is 5.69 Å². The molecule has 1 saturated heterocycles. The molecule has 0 radical (unpaired) electrons. The van der Waals surface area contributed by atoms with E-state index in [0.29, 0.717) is 0 Å². The van der Waals surface area contributed by atoms with Crippen LogP contribution in [0.5, 0.6) is 0 Å². The second kappa shape index (κ2) is 5.67. The van der Waals surface area contributed by atoms with Crippen molar-refractivity contribution < 1.29 is 9.66 Å². The van der Waals surface area contributed by atoms with Gasteiger partial charge in [0.2, 0.25) is 0 Å². The zero-order chi connectivity index (χ0) is 13.9. The Morgan fingerprint density at radius 1 is 1.53 bits per heavy atom. The highest BCUT2D eigenvalue weighted by molar-refractivity contribution is 5.35. The van der Waals surface area contributed by atoms with E-state index in [9.17, 15) is 10.1 Å². The lowest BCUT2D eigenvalue weighted by molar-refractivity contribution is -0.384. The molecule has 1 heterocycles. The Hall–Kier alpha value is -1.46. The van der Waals surface area contributed by atoms with Gasteiger partial charge in [-0.2, -0.15) is 0 Å². The molecule has 0 amide bonds. The first kappa shape index (κ1) is 14.0. The van der Waals surface area contributed by atoms with Gasteiger partial charge in [-0.25, -0.2) is 0 Å². The summed E-state index contributed by atoms with van der Waals surface area (Å²) >= 11 is 0. The standard InChI is InChI=1S/C14H20N2O3/c1-3-13(15-8-14(2)9-19-10-14)11-5-4-6-12(7-11)16(17)18/h4-7,13,15H,3,8-10H2,1-2H3. The van der Waals surface area contributed by atoms with Gasteiger partial charge in [-0.15, -0.1) is 0 Å². The minimum absolute atomic E-state index is 0.149. The van der Waals surface area contributed by atoms with Gasteiger partial charge in [0, 0.05) is 30.1 Å². The number of nitrogens with one attached hydrogen (secondary N) is 1. The zero-order valence-corrected chi connectivity index (χ0v) is 11.4. The quantitative estimate of drug-likeness (QED) is 0.633. The van der Waals surface area contributed by atoms with E-state index >= 15 is 0 Å². The number of nitro groups is 1. The molecule has 0 spiro atoms. The lowest BCUT2D eigenvalue weighted by Gasteiger charge is -2.39. The van der Waals surface area contributed by atoms with E-state index in [1.54, 1.807) is 12.1 Å². The molecule has 1 aromatic rings. The predicted molar refractivity (Wildman–Crippen MR) is 73.1 cm³/mol. The molecule has 1 unspecified atom stereocenters. The van der Waals surface area contributed by atoms with Crippen LogP contribution in [-0.4, -0.2) is 24.7 Å². The third-order valence-electron chi connectivity index (χ3n) is 3.57. The highest BCUT2D eigenvalue weighted by atomic mass is 16.6. The van der Waals surface area contributed by atoms with Gasteiger partial charge in [0.05, 0.1) is 18.1 Å². The van der Waals surface area contributed by atoms with E-state index in [-0.39, 0.29) is 22.1 Å². The predicted octanol–water partition coefficient (Wildman–Crippen LogP) is 2.67. The second-order valence-corrected chi connectivity index (χ2v) is 5.50. The number of ether oxygens (including phenoxy) is 1. The fourth-order valence-electron chi connectivity index (χ4n) is 2.28. The molecule has 0 bridgehead atoms. The minimum atomic E-state index is -0.350. The van der Waals surface area contributed by atoms with Crippen molar-refractivity contribution in [3.63, 3.8) is 0 Å². The van der Waals surface area contributed by atoms with Crippen LogP contribution in [0.25, 0.3) is 0 Å². The zero-order valence-electron chi connectivity index (χ0n) is 11.4. The first-order valence-electron chi connectivity index (χ1n) is 6.59. The van der Waals surface area contributed by atoms with Crippen molar-refractivity contribution in [3.8, 4) is 0 Å². The van der Waals surface area contributed by atoms with Gasteiger partial charge in [-0.3, -0.25) is 10.1 Å². The van der Waals surface area contributed by atoms with Crippen LogP contribution in [0.3, 0.4) is 0 Å². The second-order valence-electron chi connectivity index (χ2n) is 5.50. The average Bonchev–Trinajstić information content (AvgIpc) is 2.37. The Morgan fingerprint density at radius 2 is 2.26 bits per heavy atom. The van der Waals surface area contributed by atoms with Crippen LogP contribution in [0.15, 0.2) is 24.3 Å². The molecule has 104 valence electrons. The van der Waals surface area contributed by atoms with Crippen molar-refractivity contribution in [2.45, 2.75) is 26.3 Å². The summed E-state index contributed by atoms with van der Waals surface area (Å²) in [6.45, 7) is 6.70. The summed E-state index contributed by atoms with van der Waals surface area (Å²) in [7, 11) is 0. The molecule has 19 heavy (non-hydrogen) atoms. The smallest absolute Gasteiger partial charge is 0.269 e. The monoisotopic (exact) mass is 264 g/mol. The van der Waals surface area contributed by atoms with Crippen LogP contribution in [0.1, 0.15) is 31.9 Å². The number of rotatable bonds is 6. The van der Waals surface area contributed by atoms with Gasteiger partial charge in [0.15, 0.2) is 0 Å². The summed E-state index contributed by atoms with van der Waals surface area (Å²) in [5, 5.41) is 14.3. The van der Waals surface area contributed by atoms with Crippen molar-refractivity contribution in [1.82, 2.24) is 5.32 Å². The van der Waals surface area contributed by atoms with E-state index in [2.05, 4.69) is 19.2 Å². The van der Waals surface area contributed by atoms with Gasteiger partial charge in [0.1, 0.15) is 0 Å². The van der Waals surface area contributed by atoms with Crippen LogP contribution in [0, 0.1) is 15.5 Å². The van der Waals surface area contributed by atoms with Crippen LogP contribution < -0.4 is 5.32 Å². The number of hydrogen-bond acceptors (Lipinski definition) is 4. The topological polar surface area (TPSA) is 64.4 Å². The Bertz CT molecular complexity index is 458. The van der Waals surface area contributed by atoms with Gasteiger partial charge < -0.3 is 10.1 Å². The fourth-order valence-corrected chi connectivity index (χ4v) is 2.28. The van der Waals surface area contributed by atoms with Gasteiger partial charge in [0.25, 0.3) is 5.69 Å². The lowest BCUT2D eigenvalue weighted by atomic mass is 9.88. The molecule has 2 rings (SSSR count). The van der Waals surface area contributed by atoms with Crippen molar-refractivity contribution in [2.24, 2.45) is 5.41 Å². The molecule has 1 aliphatic rings. The Labute approximate surface area is 113 Å². The molecule has 0 aromatic heterocycles. The fraction of sp³-hybridized carbons (Fsp3) is 0.571. The normalized spacial score (nSPS) is 18.6. The first-order chi connectivity index (χ1) is 9.04. The molecule has 1 aliphatic heterocycles. The SMILES string of the molecule is CCC(NCC1(C)COC1)c1cccc([N+](=O)[O-])c1. The lowest BCUT2D eigenvalue weighted by Crippen LogP contribution is -2.47. The van der Waals surface area contributed by atoms with Crippen molar-refractivity contribution in [2.75, 3.05) is 19.8 Å². The Kier molecular flexibility index (Phi) is 4.17. The highest BCUT2D eigenvalue weighted by Gasteiger charge is 2.33. The molecule has 1 aromatic carbocycles. The summed E-state index contributed by atoms with van der Waals surface area (Å²) in [5.74, 6) is 0. The van der Waals surface area contributed by atoms with E-state index in [0.717, 1.165) is 31.7 Å². The maximum Gasteiger partial charge on any atom is 0.269 e. The third kappa shape index (κ3) is 3.30. The molecular formula is C14H20N2O3. The van der Waals surface area contributed by atoms with Crippen LogP contribution in [-0.2, 0) is 4.74 Å². The first-order valence-corrected chi connectivity index (χ1v) is 6.59. The van der Waals surface area contributed by atoms with Gasteiger partial charge in [-0.05, 0) is 12.0 Å². The molecule has 1 fully saturated rings. The van der Waals surface area contributed by atoms with Crippen molar-refractivity contribution in [1.29, 1.82) is 0 Å². The van der Waals surface area contributed by atoms with E-state index in [1.165, 1.54) is 6.07 Å². The van der Waals surface area contributed by atoms with Gasteiger partial charge >= 0.3 is 0 Å². The van der Waals surface area contributed by atoms with Crippen LogP contribution in [0.2, 0.25) is 0 Å². The number of nitrogens with zero attached hydrogens (tertiary/aromatic N) is 1. The third-order valence-corrected chi connectivity index (χ3v) is 3.57. The van der Waals surface area contributed by atoms with Crippen molar-refractivity contribution in [3.05, 3.63) is 39.9 Å². The van der Waals surface area contributed by atoms with Gasteiger partial charge in [-0.1, -0.05) is 26.0 Å². The molecule has 0 aliphatic carbocycles. The number of benzene rings is 1.